The highest BCUT2D eigenvalue weighted by atomic mass is 17.3. The van der Waals surface area contributed by atoms with E-state index in [1.165, 1.54) is 6.26 Å². The standard InChI is InChI=1S/C6H9N.C5H5N.C2H3N3.C2H3NO2/c1-7-5-3-2-4-6-7;1-2-4-6-5-3-1;2*1-2-4-5-3-1/h2-5H,6H2,1H3;1-5H;1-2H,(H,3,4,5);1-3H. The van der Waals surface area contributed by atoms with E-state index in [1.54, 1.807) is 31.0 Å². The zero-order valence-electron chi connectivity index (χ0n) is 12.8. The molecule has 4 rings (SSSR count). The summed E-state index contributed by atoms with van der Waals surface area (Å²) in [5.41, 5.74) is 2.32. The van der Waals surface area contributed by atoms with Gasteiger partial charge in [0.2, 0.25) is 0 Å². The van der Waals surface area contributed by atoms with Crippen LogP contribution in [-0.2, 0) is 9.88 Å². The van der Waals surface area contributed by atoms with Crippen molar-refractivity contribution < 1.29 is 9.88 Å². The predicted octanol–water partition coefficient (Wildman–Crippen LogP) is 1.81. The minimum absolute atomic E-state index is 1.05. The molecule has 2 aromatic rings. The third-order valence-corrected chi connectivity index (χ3v) is 2.17. The Balaban J connectivity index is 0.000000155. The fraction of sp³-hybridized carbons (Fsp3) is 0.133. The highest BCUT2D eigenvalue weighted by Gasteiger charge is 1.86. The summed E-state index contributed by atoms with van der Waals surface area (Å²) in [6.45, 7) is 1.05. The van der Waals surface area contributed by atoms with Crippen molar-refractivity contribution in [1.82, 2.24) is 30.8 Å². The normalized spacial score (nSPS) is 13.2. The van der Waals surface area contributed by atoms with Gasteiger partial charge in [0.1, 0.15) is 6.26 Å². The van der Waals surface area contributed by atoms with Crippen LogP contribution in [0.25, 0.3) is 0 Å². The highest BCUT2D eigenvalue weighted by molar-refractivity contribution is 5.07. The first-order valence-corrected chi connectivity index (χ1v) is 6.81. The summed E-state index contributed by atoms with van der Waals surface area (Å²) in [6.07, 6.45) is 17.9. The van der Waals surface area contributed by atoms with Crippen molar-refractivity contribution in [3.8, 4) is 0 Å². The van der Waals surface area contributed by atoms with E-state index in [1.807, 2.05) is 24.3 Å². The van der Waals surface area contributed by atoms with Gasteiger partial charge in [0.15, 0.2) is 0 Å². The third kappa shape index (κ3) is 12.3. The lowest BCUT2D eigenvalue weighted by molar-refractivity contribution is -0.264. The molecule has 8 nitrogen and oxygen atoms in total. The van der Waals surface area contributed by atoms with Crippen LogP contribution in [0.2, 0.25) is 0 Å². The van der Waals surface area contributed by atoms with E-state index in [9.17, 15) is 0 Å². The minimum atomic E-state index is 1.05. The Bertz CT molecular complexity index is 492. The van der Waals surface area contributed by atoms with Gasteiger partial charge < -0.3 is 9.79 Å². The van der Waals surface area contributed by atoms with Gasteiger partial charge in [-0.25, -0.2) is 5.48 Å². The van der Waals surface area contributed by atoms with E-state index < -0.39 is 0 Å². The molecule has 0 spiro atoms. The molecule has 2 aliphatic rings. The quantitative estimate of drug-likeness (QED) is 0.717. The average Bonchev–Trinajstić information content (AvgIpc) is 3.36. The first-order valence-electron chi connectivity index (χ1n) is 6.81. The molecule has 0 aliphatic carbocycles. The maximum absolute atomic E-state index is 4.15. The smallest absolute Gasteiger partial charge is 0.150 e. The minimum Gasteiger partial charge on any atom is -0.377 e. The number of likely N-dealkylation sites (N-methyl/N-ethyl adjacent to an activating group) is 1. The van der Waals surface area contributed by atoms with Crippen molar-refractivity contribution in [2.75, 3.05) is 13.6 Å². The van der Waals surface area contributed by atoms with Crippen LogP contribution in [0, 0.1) is 0 Å². The van der Waals surface area contributed by atoms with Gasteiger partial charge in [-0.1, -0.05) is 23.2 Å². The molecule has 0 fully saturated rings. The molecule has 0 radical (unpaired) electrons. The number of aromatic amines is 1. The van der Waals surface area contributed by atoms with Crippen LogP contribution >= 0.6 is 0 Å². The number of rotatable bonds is 0. The Morgan fingerprint density at radius 2 is 1.78 bits per heavy atom. The molecule has 0 saturated heterocycles. The summed E-state index contributed by atoms with van der Waals surface area (Å²) in [7, 11) is 2.06. The number of allylic oxidation sites excluding steroid dienone is 2. The summed E-state index contributed by atoms with van der Waals surface area (Å²) in [6, 6.07) is 5.72. The molecule has 0 aromatic carbocycles. The summed E-state index contributed by atoms with van der Waals surface area (Å²) in [5, 5.41) is 9.33. The monoisotopic (exact) mass is 316 g/mol. The van der Waals surface area contributed by atoms with Crippen LogP contribution < -0.4 is 5.48 Å². The van der Waals surface area contributed by atoms with Gasteiger partial charge in [-0.15, -0.1) is 0 Å². The van der Waals surface area contributed by atoms with Crippen LogP contribution in [-0.4, -0.2) is 38.9 Å². The lowest BCUT2D eigenvalue weighted by atomic mass is 10.4. The lowest BCUT2D eigenvalue weighted by Gasteiger charge is -2.11. The van der Waals surface area contributed by atoms with Crippen LogP contribution in [0.4, 0.5) is 0 Å². The van der Waals surface area contributed by atoms with Crippen molar-refractivity contribution in [2.24, 2.45) is 0 Å². The van der Waals surface area contributed by atoms with Crippen LogP contribution in [0.5, 0.6) is 0 Å². The van der Waals surface area contributed by atoms with Crippen molar-refractivity contribution in [3.63, 3.8) is 0 Å². The molecule has 122 valence electrons. The Morgan fingerprint density at radius 1 is 1.00 bits per heavy atom. The van der Waals surface area contributed by atoms with E-state index in [0.29, 0.717) is 0 Å². The molecule has 0 amide bonds. The number of hydroxylamine groups is 1. The Hall–Kier alpha value is -3.13. The Kier molecular flexibility index (Phi) is 10.8. The predicted molar refractivity (Wildman–Crippen MR) is 86.0 cm³/mol. The van der Waals surface area contributed by atoms with Crippen molar-refractivity contribution in [1.29, 1.82) is 0 Å². The largest absolute Gasteiger partial charge is 0.377 e. The van der Waals surface area contributed by atoms with E-state index >= 15 is 0 Å². The number of aromatic nitrogens is 4. The summed E-state index contributed by atoms with van der Waals surface area (Å²) in [5.74, 6) is 0. The SMILES string of the molecule is C1=COON1.CN1C=CC=CC1.c1ccncc1.c1cn[nH]n1. The number of nitrogens with one attached hydrogen (secondary N) is 2. The number of H-pyrrole nitrogens is 1. The van der Waals surface area contributed by atoms with Crippen LogP contribution in [0.3, 0.4) is 0 Å². The van der Waals surface area contributed by atoms with Crippen molar-refractivity contribution >= 4 is 0 Å². The zero-order valence-corrected chi connectivity index (χ0v) is 12.8. The van der Waals surface area contributed by atoms with E-state index in [4.69, 9.17) is 0 Å². The maximum Gasteiger partial charge on any atom is 0.150 e. The second-order valence-corrected chi connectivity index (χ2v) is 3.99. The lowest BCUT2D eigenvalue weighted by Crippen LogP contribution is -2.11. The Morgan fingerprint density at radius 3 is 2.00 bits per heavy atom. The molecule has 0 saturated carbocycles. The topological polar surface area (TPSA) is 88.2 Å². The van der Waals surface area contributed by atoms with Crippen molar-refractivity contribution in [2.45, 2.75) is 0 Å². The number of hydrogen-bond acceptors (Lipinski definition) is 7. The Labute approximate surface area is 135 Å². The fourth-order valence-corrected chi connectivity index (χ4v) is 1.18. The molecular weight excluding hydrogens is 296 g/mol. The molecule has 8 heteroatoms. The van der Waals surface area contributed by atoms with E-state index in [-0.39, 0.29) is 0 Å². The maximum atomic E-state index is 4.15. The van der Waals surface area contributed by atoms with Gasteiger partial charge in [-0.05, 0) is 24.4 Å². The highest BCUT2D eigenvalue weighted by Crippen LogP contribution is 1.91. The molecule has 2 aromatic heterocycles. The van der Waals surface area contributed by atoms with Crippen LogP contribution in [0.1, 0.15) is 0 Å². The van der Waals surface area contributed by atoms with Gasteiger partial charge in [0.25, 0.3) is 0 Å². The first kappa shape index (κ1) is 17.9. The molecule has 2 N–H and O–H groups in total. The average molecular weight is 316 g/mol. The summed E-state index contributed by atoms with van der Waals surface area (Å²) in [4.78, 5) is 14.1. The number of nitrogens with zero attached hydrogens (tertiary/aromatic N) is 4. The summed E-state index contributed by atoms with van der Waals surface area (Å²) < 4.78 is 0. The second-order valence-electron chi connectivity index (χ2n) is 3.99. The second kappa shape index (κ2) is 13.8. The molecule has 0 atom stereocenters. The van der Waals surface area contributed by atoms with Gasteiger partial charge >= 0.3 is 0 Å². The van der Waals surface area contributed by atoms with Gasteiger partial charge in [0, 0.05) is 26.0 Å². The third-order valence-electron chi connectivity index (χ3n) is 2.17. The van der Waals surface area contributed by atoms with E-state index in [2.05, 4.69) is 66.1 Å². The molecule has 4 heterocycles. The molecule has 23 heavy (non-hydrogen) atoms. The van der Waals surface area contributed by atoms with Crippen LogP contribution in [0.15, 0.2) is 79.9 Å². The van der Waals surface area contributed by atoms with Gasteiger partial charge in [0.05, 0.1) is 18.6 Å². The molecule has 0 unspecified atom stereocenters. The van der Waals surface area contributed by atoms with Crippen molar-refractivity contribution in [3.05, 3.63) is 79.9 Å². The molecule has 0 bridgehead atoms. The summed E-state index contributed by atoms with van der Waals surface area (Å²) >= 11 is 0. The van der Waals surface area contributed by atoms with Gasteiger partial charge in [-0.2, -0.15) is 15.4 Å². The molecule has 2 aliphatic heterocycles. The fourth-order valence-electron chi connectivity index (χ4n) is 1.18. The first-order chi connectivity index (χ1) is 11.4. The van der Waals surface area contributed by atoms with E-state index in [0.717, 1.165) is 6.54 Å². The number of hydrogen-bond donors (Lipinski definition) is 2. The van der Waals surface area contributed by atoms with Gasteiger partial charge in [-0.3, -0.25) is 4.98 Å². The molecular formula is C15H20N6O2. The number of pyridine rings is 1. The zero-order chi connectivity index (χ0) is 16.4.